The van der Waals surface area contributed by atoms with Gasteiger partial charge in [0.25, 0.3) is 0 Å². The molecule has 1 aromatic heterocycles. The average molecular weight is 362 g/mol. The third-order valence-corrected chi connectivity index (χ3v) is 5.39. The zero-order valence-electron chi connectivity index (χ0n) is 16.1. The van der Waals surface area contributed by atoms with Crippen LogP contribution in [-0.2, 0) is 22.5 Å². The predicted molar refractivity (Wildman–Crippen MR) is 107 cm³/mol. The summed E-state index contributed by atoms with van der Waals surface area (Å²) in [6, 6.07) is 18.5. The van der Waals surface area contributed by atoms with Crippen molar-refractivity contribution in [3.05, 3.63) is 71.4 Å². The highest BCUT2D eigenvalue weighted by atomic mass is 16.5. The highest BCUT2D eigenvalue weighted by molar-refractivity contribution is 5.87. The molecule has 0 bridgehead atoms. The molecule has 0 unspecified atom stereocenters. The first-order chi connectivity index (χ1) is 13.0. The Labute approximate surface area is 160 Å². The van der Waals surface area contributed by atoms with Crippen molar-refractivity contribution in [1.82, 2.24) is 9.88 Å². The Bertz CT molecular complexity index is 945. The van der Waals surface area contributed by atoms with E-state index in [1.807, 2.05) is 38.1 Å². The highest BCUT2D eigenvalue weighted by Crippen LogP contribution is 2.38. The predicted octanol–water partition coefficient (Wildman–Crippen LogP) is 4.61. The molecular formula is C23H26N2O2. The summed E-state index contributed by atoms with van der Waals surface area (Å²) in [5.74, 6) is -0.135. The molecule has 3 aromatic rings. The Hall–Kier alpha value is -2.59. The molecule has 0 fully saturated rings. The fraction of sp³-hybridized carbons (Fsp3) is 0.348. The van der Waals surface area contributed by atoms with Crippen molar-refractivity contribution in [2.24, 2.45) is 0 Å². The van der Waals surface area contributed by atoms with E-state index in [9.17, 15) is 4.79 Å². The highest BCUT2D eigenvalue weighted by Gasteiger charge is 2.39. The average Bonchev–Trinajstić information content (AvgIpc) is 3.03. The molecular weight excluding hydrogens is 336 g/mol. The minimum absolute atomic E-state index is 0.103. The van der Waals surface area contributed by atoms with Gasteiger partial charge in [-0.05, 0) is 38.0 Å². The van der Waals surface area contributed by atoms with E-state index in [0.29, 0.717) is 13.0 Å². The first-order valence-corrected chi connectivity index (χ1v) is 9.64. The van der Waals surface area contributed by atoms with Gasteiger partial charge < -0.3 is 9.72 Å². The van der Waals surface area contributed by atoms with E-state index in [2.05, 4.69) is 47.1 Å². The van der Waals surface area contributed by atoms with Gasteiger partial charge in [0, 0.05) is 35.6 Å². The monoisotopic (exact) mass is 362 g/mol. The molecule has 27 heavy (non-hydrogen) atoms. The third kappa shape index (κ3) is 3.37. The molecule has 1 aliphatic rings. The van der Waals surface area contributed by atoms with E-state index in [1.54, 1.807) is 0 Å². The molecule has 0 spiro atoms. The summed E-state index contributed by atoms with van der Waals surface area (Å²) in [5, 5.41) is 1.21. The summed E-state index contributed by atoms with van der Waals surface area (Å²) in [4.78, 5) is 18.8. The van der Waals surface area contributed by atoms with Crippen LogP contribution in [0.15, 0.2) is 54.6 Å². The van der Waals surface area contributed by atoms with Crippen LogP contribution in [0.5, 0.6) is 0 Å². The second kappa shape index (κ2) is 7.20. The van der Waals surface area contributed by atoms with E-state index in [0.717, 1.165) is 5.52 Å². The number of rotatable bonds is 4. The number of nitrogens with one attached hydrogen (secondary N) is 1. The van der Waals surface area contributed by atoms with Gasteiger partial charge in [0.05, 0.1) is 6.10 Å². The van der Waals surface area contributed by atoms with Gasteiger partial charge in [0.15, 0.2) is 0 Å². The van der Waals surface area contributed by atoms with Crippen molar-refractivity contribution in [3.8, 4) is 0 Å². The largest absolute Gasteiger partial charge is 0.462 e. The lowest BCUT2D eigenvalue weighted by Crippen LogP contribution is -2.48. The number of carbonyl (C=O) groups excluding carboxylic acids is 1. The van der Waals surface area contributed by atoms with E-state index in [-0.39, 0.29) is 24.2 Å². The lowest BCUT2D eigenvalue weighted by molar-refractivity contribution is -0.155. The van der Waals surface area contributed by atoms with Crippen LogP contribution < -0.4 is 0 Å². The minimum Gasteiger partial charge on any atom is -0.462 e. The number of esters is 1. The van der Waals surface area contributed by atoms with Gasteiger partial charge in [-0.2, -0.15) is 0 Å². The molecule has 4 rings (SSSR count). The molecule has 0 radical (unpaired) electrons. The SMILES string of the molecule is CC(C)OC(=O)[C@H]1Cc2c([nH]c3ccccc23)[C@@H](C)N1Cc1ccccc1. The van der Waals surface area contributed by atoms with Crippen molar-refractivity contribution in [3.63, 3.8) is 0 Å². The second-order valence-corrected chi connectivity index (χ2v) is 7.60. The van der Waals surface area contributed by atoms with E-state index < -0.39 is 0 Å². The van der Waals surface area contributed by atoms with E-state index >= 15 is 0 Å². The number of H-pyrrole nitrogens is 1. The van der Waals surface area contributed by atoms with Gasteiger partial charge in [-0.25, -0.2) is 0 Å². The lowest BCUT2D eigenvalue weighted by Gasteiger charge is -2.39. The maximum atomic E-state index is 12.9. The van der Waals surface area contributed by atoms with Gasteiger partial charge in [-0.1, -0.05) is 48.5 Å². The van der Waals surface area contributed by atoms with Crippen molar-refractivity contribution in [1.29, 1.82) is 0 Å². The van der Waals surface area contributed by atoms with Crippen LogP contribution >= 0.6 is 0 Å². The van der Waals surface area contributed by atoms with Crippen LogP contribution in [0.3, 0.4) is 0 Å². The summed E-state index contributed by atoms with van der Waals surface area (Å²) >= 11 is 0. The Morgan fingerprint density at radius 1 is 1.15 bits per heavy atom. The number of fused-ring (bicyclic) bond motifs is 3. The summed E-state index contributed by atoms with van der Waals surface area (Å²) < 4.78 is 5.62. The lowest BCUT2D eigenvalue weighted by atomic mass is 9.91. The number of ether oxygens (including phenoxy) is 1. The standard InChI is InChI=1S/C23H26N2O2/c1-15(2)27-23(26)21-13-19-18-11-7-8-12-20(18)24-22(19)16(3)25(21)14-17-9-5-4-6-10-17/h4-12,15-16,21,24H,13-14H2,1-3H3/t16-,21-/m1/s1. The number of aromatic nitrogens is 1. The molecule has 1 aliphatic heterocycles. The number of aromatic amines is 1. The maximum absolute atomic E-state index is 12.9. The van der Waals surface area contributed by atoms with Crippen molar-refractivity contribution in [2.45, 2.75) is 51.9 Å². The van der Waals surface area contributed by atoms with Crippen LogP contribution in [0.2, 0.25) is 0 Å². The Balaban J connectivity index is 1.75. The number of benzene rings is 2. The molecule has 0 saturated carbocycles. The maximum Gasteiger partial charge on any atom is 0.323 e. The summed E-state index contributed by atoms with van der Waals surface area (Å²) in [5.41, 5.74) is 4.78. The van der Waals surface area contributed by atoms with Crippen molar-refractivity contribution >= 4 is 16.9 Å². The molecule has 4 nitrogen and oxygen atoms in total. The Morgan fingerprint density at radius 3 is 2.59 bits per heavy atom. The number of hydrogen-bond acceptors (Lipinski definition) is 3. The minimum atomic E-state index is -0.283. The summed E-state index contributed by atoms with van der Waals surface area (Å²) in [6.45, 7) is 6.70. The topological polar surface area (TPSA) is 45.3 Å². The first kappa shape index (κ1) is 17.8. The number of nitrogens with zero attached hydrogens (tertiary/aromatic N) is 1. The fourth-order valence-electron chi connectivity index (χ4n) is 4.11. The summed E-state index contributed by atoms with van der Waals surface area (Å²) in [7, 11) is 0. The molecule has 2 aromatic carbocycles. The van der Waals surface area contributed by atoms with Crippen LogP contribution in [0.4, 0.5) is 0 Å². The number of carbonyl (C=O) groups is 1. The number of para-hydroxylation sites is 1. The smallest absolute Gasteiger partial charge is 0.323 e. The Morgan fingerprint density at radius 2 is 1.85 bits per heavy atom. The van der Waals surface area contributed by atoms with Gasteiger partial charge in [-0.15, -0.1) is 0 Å². The molecule has 0 saturated heterocycles. The molecule has 4 heteroatoms. The molecule has 0 aliphatic carbocycles. The van der Waals surface area contributed by atoms with Crippen molar-refractivity contribution in [2.75, 3.05) is 0 Å². The zero-order valence-corrected chi connectivity index (χ0v) is 16.1. The molecule has 0 amide bonds. The Kier molecular flexibility index (Phi) is 4.75. The van der Waals surface area contributed by atoms with Gasteiger partial charge in [0.1, 0.15) is 6.04 Å². The second-order valence-electron chi connectivity index (χ2n) is 7.60. The van der Waals surface area contributed by atoms with Crippen LogP contribution in [-0.4, -0.2) is 28.0 Å². The van der Waals surface area contributed by atoms with Gasteiger partial charge in [-0.3, -0.25) is 9.69 Å². The van der Waals surface area contributed by atoms with E-state index in [1.165, 1.54) is 22.2 Å². The van der Waals surface area contributed by atoms with Gasteiger partial charge >= 0.3 is 5.97 Å². The molecule has 2 heterocycles. The quantitative estimate of drug-likeness (QED) is 0.690. The molecule has 140 valence electrons. The van der Waals surface area contributed by atoms with Crippen LogP contribution in [0, 0.1) is 0 Å². The fourth-order valence-corrected chi connectivity index (χ4v) is 4.11. The molecule has 1 N–H and O–H groups in total. The van der Waals surface area contributed by atoms with Crippen LogP contribution in [0.25, 0.3) is 10.9 Å². The normalized spacial score (nSPS) is 20.0. The zero-order chi connectivity index (χ0) is 19.0. The van der Waals surface area contributed by atoms with Crippen LogP contribution in [0.1, 0.15) is 43.6 Å². The van der Waals surface area contributed by atoms with Gasteiger partial charge in [0.2, 0.25) is 0 Å². The summed E-state index contributed by atoms with van der Waals surface area (Å²) in [6.07, 6.45) is 0.554. The van der Waals surface area contributed by atoms with Crippen molar-refractivity contribution < 1.29 is 9.53 Å². The first-order valence-electron chi connectivity index (χ1n) is 9.64. The van der Waals surface area contributed by atoms with E-state index in [4.69, 9.17) is 4.74 Å². The number of hydrogen-bond donors (Lipinski definition) is 1. The molecule has 2 atom stereocenters. The third-order valence-electron chi connectivity index (χ3n) is 5.39.